The van der Waals surface area contributed by atoms with Gasteiger partial charge >= 0.3 is 5.97 Å². The number of aliphatic hydroxyl groups is 1. The number of aryl methyl sites for hydroxylation is 1. The molecule has 23 heavy (non-hydrogen) atoms. The number of furan rings is 1. The number of β-amino-alcohol motifs (C(OH)–C–C–N with tert-alkyl or cyclic N) is 1. The van der Waals surface area contributed by atoms with E-state index in [1.165, 1.54) is 0 Å². The van der Waals surface area contributed by atoms with Crippen LogP contribution in [0.2, 0.25) is 0 Å². The van der Waals surface area contributed by atoms with Crippen LogP contribution in [-0.2, 0) is 4.79 Å². The number of carbonyl (C=O) groups is 1. The van der Waals surface area contributed by atoms with E-state index in [1.54, 1.807) is 11.8 Å². The highest BCUT2D eigenvalue weighted by atomic mass is 16.4. The van der Waals surface area contributed by atoms with Gasteiger partial charge in [-0.3, -0.25) is 0 Å². The highest BCUT2D eigenvalue weighted by Crippen LogP contribution is 2.35. The number of anilines is 1. The maximum absolute atomic E-state index is 11.5. The first-order valence-electron chi connectivity index (χ1n) is 7.38. The monoisotopic (exact) mass is 313 g/mol. The molecule has 3 aromatic rings. The highest BCUT2D eigenvalue weighted by Gasteiger charge is 2.38. The summed E-state index contributed by atoms with van der Waals surface area (Å²) in [4.78, 5) is 21.9. The van der Waals surface area contributed by atoms with E-state index in [4.69, 9.17) is 4.42 Å². The average Bonchev–Trinajstić information content (AvgIpc) is 3.07. The quantitative estimate of drug-likeness (QED) is 0.743. The summed E-state index contributed by atoms with van der Waals surface area (Å²) in [5.41, 5.74) is 1.79. The molecular weight excluding hydrogens is 298 g/mol. The van der Waals surface area contributed by atoms with Crippen LogP contribution in [0.4, 0.5) is 5.82 Å². The number of aliphatic carboxylic acids is 1. The van der Waals surface area contributed by atoms with Crippen molar-refractivity contribution in [2.75, 3.05) is 11.4 Å². The fourth-order valence-corrected chi connectivity index (χ4v) is 3.16. The van der Waals surface area contributed by atoms with Gasteiger partial charge in [0.1, 0.15) is 23.0 Å². The lowest BCUT2D eigenvalue weighted by Crippen LogP contribution is -2.36. The predicted molar refractivity (Wildman–Crippen MR) is 83.4 cm³/mol. The molecule has 2 N–H and O–H groups in total. The van der Waals surface area contributed by atoms with Crippen LogP contribution >= 0.6 is 0 Å². The number of aliphatic hydroxyl groups excluding tert-OH is 1. The Morgan fingerprint density at radius 3 is 2.91 bits per heavy atom. The third-order valence-electron chi connectivity index (χ3n) is 4.15. The van der Waals surface area contributed by atoms with Crippen LogP contribution in [0.5, 0.6) is 0 Å². The molecule has 0 bridgehead atoms. The molecule has 1 aliphatic heterocycles. The first-order valence-corrected chi connectivity index (χ1v) is 7.38. The number of fused-ring (bicyclic) bond motifs is 3. The van der Waals surface area contributed by atoms with E-state index in [-0.39, 0.29) is 13.0 Å². The number of carboxylic acids is 1. The third-order valence-corrected chi connectivity index (χ3v) is 4.15. The van der Waals surface area contributed by atoms with Crippen molar-refractivity contribution < 1.29 is 19.4 Å². The number of rotatable bonds is 2. The number of nitrogens with zero attached hydrogens (tertiary/aromatic N) is 3. The van der Waals surface area contributed by atoms with E-state index >= 15 is 0 Å². The van der Waals surface area contributed by atoms with Gasteiger partial charge in [-0.05, 0) is 19.1 Å². The molecule has 3 heterocycles. The van der Waals surface area contributed by atoms with Crippen LogP contribution in [0.25, 0.3) is 22.1 Å². The van der Waals surface area contributed by atoms with Gasteiger partial charge in [-0.2, -0.15) is 0 Å². The molecule has 0 aliphatic carbocycles. The molecule has 1 fully saturated rings. The lowest BCUT2D eigenvalue weighted by molar-refractivity contribution is -0.138. The van der Waals surface area contributed by atoms with Crippen LogP contribution in [0, 0.1) is 6.92 Å². The number of hydrogen-bond acceptors (Lipinski definition) is 6. The Hall–Kier alpha value is -2.67. The van der Waals surface area contributed by atoms with Crippen molar-refractivity contribution >= 4 is 33.9 Å². The first kappa shape index (κ1) is 14.0. The van der Waals surface area contributed by atoms with Gasteiger partial charge in [-0.25, -0.2) is 14.8 Å². The van der Waals surface area contributed by atoms with Gasteiger partial charge < -0.3 is 19.5 Å². The van der Waals surface area contributed by atoms with Gasteiger partial charge in [0, 0.05) is 18.4 Å². The molecule has 2 aromatic heterocycles. The van der Waals surface area contributed by atoms with E-state index in [2.05, 4.69) is 9.97 Å². The average molecular weight is 313 g/mol. The predicted octanol–water partition coefficient (Wildman–Crippen LogP) is 1.71. The summed E-state index contributed by atoms with van der Waals surface area (Å²) in [6, 6.07) is 6.68. The molecule has 0 saturated carbocycles. The largest absolute Gasteiger partial charge is 0.480 e. The summed E-state index contributed by atoms with van der Waals surface area (Å²) in [6.45, 7) is 1.96. The Balaban J connectivity index is 1.97. The van der Waals surface area contributed by atoms with Crippen LogP contribution in [0.1, 0.15) is 12.2 Å². The molecule has 0 amide bonds. The zero-order chi connectivity index (χ0) is 16.1. The normalized spacial score (nSPS) is 21.4. The number of para-hydroxylation sites is 1. The molecule has 0 radical (unpaired) electrons. The van der Waals surface area contributed by atoms with E-state index in [0.29, 0.717) is 28.3 Å². The van der Waals surface area contributed by atoms with E-state index < -0.39 is 18.1 Å². The van der Waals surface area contributed by atoms with Crippen LogP contribution in [0.3, 0.4) is 0 Å². The molecule has 1 aromatic carbocycles. The van der Waals surface area contributed by atoms with Gasteiger partial charge in [0.05, 0.1) is 6.10 Å². The Morgan fingerprint density at radius 2 is 2.13 bits per heavy atom. The van der Waals surface area contributed by atoms with Crippen molar-refractivity contribution in [3.8, 4) is 0 Å². The van der Waals surface area contributed by atoms with Crippen LogP contribution in [-0.4, -0.2) is 44.8 Å². The highest BCUT2D eigenvalue weighted by molar-refractivity contribution is 6.06. The summed E-state index contributed by atoms with van der Waals surface area (Å²) >= 11 is 0. The minimum Gasteiger partial charge on any atom is -0.480 e. The molecule has 118 valence electrons. The maximum Gasteiger partial charge on any atom is 0.326 e. The van der Waals surface area contributed by atoms with Crippen molar-refractivity contribution in [3.63, 3.8) is 0 Å². The van der Waals surface area contributed by atoms with Gasteiger partial charge in [-0.15, -0.1) is 0 Å². The Morgan fingerprint density at radius 1 is 1.35 bits per heavy atom. The lowest BCUT2D eigenvalue weighted by atomic mass is 10.2. The summed E-state index contributed by atoms with van der Waals surface area (Å²) in [7, 11) is 0. The van der Waals surface area contributed by atoms with Crippen LogP contribution in [0.15, 0.2) is 28.7 Å². The second-order valence-electron chi connectivity index (χ2n) is 5.77. The summed E-state index contributed by atoms with van der Waals surface area (Å²) in [6.07, 6.45) is -0.536. The Labute approximate surface area is 131 Å². The van der Waals surface area contributed by atoms with Crippen molar-refractivity contribution in [3.05, 3.63) is 30.1 Å². The minimum atomic E-state index is -0.984. The van der Waals surface area contributed by atoms with Crippen molar-refractivity contribution in [2.24, 2.45) is 0 Å². The Kier molecular flexibility index (Phi) is 2.99. The smallest absolute Gasteiger partial charge is 0.326 e. The van der Waals surface area contributed by atoms with Crippen molar-refractivity contribution in [2.45, 2.75) is 25.5 Å². The van der Waals surface area contributed by atoms with Gasteiger partial charge in [0.15, 0.2) is 11.4 Å². The van der Waals surface area contributed by atoms with Gasteiger partial charge in [-0.1, -0.05) is 12.1 Å². The van der Waals surface area contributed by atoms with E-state index in [1.807, 2.05) is 24.3 Å². The van der Waals surface area contributed by atoms with E-state index in [0.717, 1.165) is 5.39 Å². The molecule has 2 atom stereocenters. The van der Waals surface area contributed by atoms with Crippen molar-refractivity contribution in [1.29, 1.82) is 0 Å². The lowest BCUT2D eigenvalue weighted by Gasteiger charge is -2.22. The minimum absolute atomic E-state index is 0.167. The molecule has 7 nitrogen and oxygen atoms in total. The topological polar surface area (TPSA) is 99.7 Å². The number of aromatic nitrogens is 2. The first-order chi connectivity index (χ1) is 11.0. The van der Waals surface area contributed by atoms with E-state index in [9.17, 15) is 15.0 Å². The van der Waals surface area contributed by atoms with Gasteiger partial charge in [0.2, 0.25) is 0 Å². The molecule has 7 heteroatoms. The molecule has 1 aliphatic rings. The number of carboxylic acid groups (broad SMARTS) is 1. The summed E-state index contributed by atoms with van der Waals surface area (Å²) in [5.74, 6) is -0.0284. The second-order valence-corrected chi connectivity index (χ2v) is 5.77. The molecular formula is C16H15N3O4. The third kappa shape index (κ3) is 2.12. The molecule has 4 rings (SSSR count). The zero-order valence-electron chi connectivity index (χ0n) is 12.4. The number of hydrogen-bond donors (Lipinski definition) is 2. The summed E-state index contributed by atoms with van der Waals surface area (Å²) < 4.78 is 5.87. The standard InChI is InChI=1S/C16H15N3O4/c1-8-17-13-10-4-2-3-5-12(10)23-14(13)15(18-8)19-7-9(20)6-11(19)16(21)22/h2-5,9,11,20H,6-7H2,1H3,(H,21,22)/t9-,11-/m0/s1. The molecule has 0 unspecified atom stereocenters. The molecule has 1 saturated heterocycles. The van der Waals surface area contributed by atoms with Crippen LogP contribution < -0.4 is 4.90 Å². The SMILES string of the molecule is Cc1nc(N2C[C@@H](O)C[C@H]2C(=O)O)c2oc3ccccc3c2n1. The zero-order valence-corrected chi connectivity index (χ0v) is 12.4. The Bertz CT molecular complexity index is 920. The summed E-state index contributed by atoms with van der Waals surface area (Å²) in [5, 5.41) is 20.2. The maximum atomic E-state index is 11.5. The van der Waals surface area contributed by atoms with Crippen molar-refractivity contribution in [1.82, 2.24) is 9.97 Å². The van der Waals surface area contributed by atoms with Gasteiger partial charge in [0.25, 0.3) is 0 Å². The second kappa shape index (κ2) is 4.92. The fraction of sp³-hybridized carbons (Fsp3) is 0.312. The fourth-order valence-electron chi connectivity index (χ4n) is 3.16. The number of benzene rings is 1. The molecule has 0 spiro atoms.